The molecule has 0 radical (unpaired) electrons. The van der Waals surface area contributed by atoms with E-state index in [1.165, 1.54) is 18.9 Å². The van der Waals surface area contributed by atoms with E-state index in [2.05, 4.69) is 4.74 Å². The highest BCUT2D eigenvalue weighted by Gasteiger charge is 2.41. The van der Waals surface area contributed by atoms with Crippen LogP contribution >= 0.6 is 11.8 Å². The molecule has 0 aromatic carbocycles. The van der Waals surface area contributed by atoms with Crippen molar-refractivity contribution in [3.05, 3.63) is 0 Å². The molecule has 0 bridgehead atoms. The second-order valence-corrected chi connectivity index (χ2v) is 5.19. The summed E-state index contributed by atoms with van der Waals surface area (Å²) in [6.45, 7) is 0. The summed E-state index contributed by atoms with van der Waals surface area (Å²) in [7, 11) is 1.28. The van der Waals surface area contributed by atoms with Gasteiger partial charge in [0.1, 0.15) is 18.2 Å². The number of rotatable bonds is 6. The van der Waals surface area contributed by atoms with E-state index in [9.17, 15) is 15.0 Å². The number of hydrogen-bond donors (Lipinski definition) is 4. The second kappa shape index (κ2) is 7.27. The van der Waals surface area contributed by atoms with Gasteiger partial charge in [0.05, 0.1) is 13.2 Å². The molecule has 0 aromatic rings. The summed E-state index contributed by atoms with van der Waals surface area (Å²) < 4.78 is 9.46. The van der Waals surface area contributed by atoms with Crippen LogP contribution in [0.15, 0.2) is 0 Å². The Bertz CT molecular complexity index is 279. The maximum Gasteiger partial charge on any atom is 0.322 e. The normalized spacial score (nSPS) is 33.4. The van der Waals surface area contributed by atoms with Gasteiger partial charge in [0.25, 0.3) is 0 Å². The van der Waals surface area contributed by atoms with Crippen molar-refractivity contribution >= 4 is 17.7 Å². The average Bonchev–Trinajstić information content (AvgIpc) is 2.61. The van der Waals surface area contributed by atoms with Crippen LogP contribution < -0.4 is 5.73 Å². The van der Waals surface area contributed by atoms with E-state index in [4.69, 9.17) is 15.6 Å². The molecule has 1 heterocycles. The maximum absolute atomic E-state index is 11.0. The summed E-state index contributed by atoms with van der Waals surface area (Å²) in [4.78, 5) is 11.0. The summed E-state index contributed by atoms with van der Waals surface area (Å²) in [6, 6.07) is -0.659. The number of ether oxygens (including phenoxy) is 2. The summed E-state index contributed by atoms with van der Waals surface area (Å²) >= 11 is 1.42. The molecule has 1 saturated heterocycles. The summed E-state index contributed by atoms with van der Waals surface area (Å²) in [6.07, 6.45) is -3.88. The van der Waals surface area contributed by atoms with Crippen LogP contribution in [0.2, 0.25) is 0 Å². The quantitative estimate of drug-likeness (QED) is 0.327. The number of esters is 1. The van der Waals surface area contributed by atoms with E-state index in [0.29, 0.717) is 17.9 Å². The van der Waals surface area contributed by atoms with Crippen LogP contribution in [0.3, 0.4) is 0 Å². The van der Waals surface area contributed by atoms with Crippen LogP contribution in [-0.2, 0) is 14.3 Å². The third-order valence-corrected chi connectivity index (χ3v) is 3.79. The van der Waals surface area contributed by atoms with Crippen molar-refractivity contribution in [1.82, 2.24) is 0 Å². The number of carbonyl (C=O) groups excluding carboxylic acids is 1. The molecule has 0 aliphatic carbocycles. The van der Waals surface area contributed by atoms with Crippen molar-refractivity contribution in [2.45, 2.75) is 37.1 Å². The fourth-order valence-corrected chi connectivity index (χ4v) is 2.64. The largest absolute Gasteiger partial charge is 0.468 e. The summed E-state index contributed by atoms with van der Waals surface area (Å²) in [5.41, 5.74) is 5.54. The van der Waals surface area contributed by atoms with Gasteiger partial charge in [-0.15, -0.1) is 0 Å². The van der Waals surface area contributed by atoms with E-state index in [0.717, 1.165) is 0 Å². The van der Waals surface area contributed by atoms with Crippen molar-refractivity contribution in [1.29, 1.82) is 0 Å². The topological polar surface area (TPSA) is 122 Å². The minimum atomic E-state index is -1.34. The molecule has 1 unspecified atom stereocenters. The molecule has 18 heavy (non-hydrogen) atoms. The van der Waals surface area contributed by atoms with Gasteiger partial charge in [-0.25, -0.2) is 0 Å². The smallest absolute Gasteiger partial charge is 0.322 e. The van der Waals surface area contributed by atoms with Gasteiger partial charge < -0.3 is 30.5 Å². The van der Waals surface area contributed by atoms with E-state index in [-0.39, 0.29) is 0 Å². The van der Waals surface area contributed by atoms with Gasteiger partial charge in [0.2, 0.25) is 0 Å². The molecular weight excluding hydrogens is 262 g/mol. The Labute approximate surface area is 109 Å². The minimum Gasteiger partial charge on any atom is -0.468 e. The van der Waals surface area contributed by atoms with Crippen LogP contribution in [-0.4, -0.2) is 70.5 Å². The van der Waals surface area contributed by atoms with Gasteiger partial charge in [-0.1, -0.05) is 0 Å². The maximum atomic E-state index is 11.0. The Morgan fingerprint density at radius 3 is 2.61 bits per heavy atom. The van der Waals surface area contributed by atoms with Crippen molar-refractivity contribution < 1.29 is 29.6 Å². The van der Waals surface area contributed by atoms with E-state index in [1.54, 1.807) is 0 Å². The lowest BCUT2D eigenvalue weighted by Crippen LogP contribution is -2.34. The molecule has 0 saturated carbocycles. The Morgan fingerprint density at radius 2 is 2.11 bits per heavy atom. The van der Waals surface area contributed by atoms with E-state index in [1.807, 2.05) is 0 Å². The highest BCUT2D eigenvalue weighted by atomic mass is 32.2. The first-order valence-corrected chi connectivity index (χ1v) is 6.73. The molecule has 0 aromatic heterocycles. The Hall–Kier alpha value is -0.380. The third-order valence-electron chi connectivity index (χ3n) is 2.70. The molecule has 1 aliphatic heterocycles. The van der Waals surface area contributed by atoms with E-state index < -0.39 is 36.6 Å². The average molecular weight is 281 g/mol. The van der Waals surface area contributed by atoms with Crippen molar-refractivity contribution in [2.24, 2.45) is 5.73 Å². The first-order chi connectivity index (χ1) is 8.47. The molecule has 1 fully saturated rings. The summed E-state index contributed by atoms with van der Waals surface area (Å²) in [5, 5.41) is 28.0. The Balaban J connectivity index is 2.17. The van der Waals surface area contributed by atoms with Crippen molar-refractivity contribution in [3.63, 3.8) is 0 Å². The molecule has 0 spiro atoms. The first kappa shape index (κ1) is 15.7. The highest BCUT2D eigenvalue weighted by Crippen LogP contribution is 2.23. The van der Waals surface area contributed by atoms with Crippen LogP contribution in [0.1, 0.15) is 6.42 Å². The lowest BCUT2D eigenvalue weighted by molar-refractivity contribution is -0.142. The predicted molar refractivity (Wildman–Crippen MR) is 64.8 cm³/mol. The van der Waals surface area contributed by atoms with Crippen LogP contribution in [0, 0.1) is 0 Å². The van der Waals surface area contributed by atoms with Crippen LogP contribution in [0.4, 0.5) is 0 Å². The van der Waals surface area contributed by atoms with Crippen LogP contribution in [0.5, 0.6) is 0 Å². The van der Waals surface area contributed by atoms with Gasteiger partial charge in [0.15, 0.2) is 6.29 Å². The van der Waals surface area contributed by atoms with Gasteiger partial charge in [-0.2, -0.15) is 11.8 Å². The molecular formula is C10H19NO6S. The molecule has 7 nitrogen and oxygen atoms in total. The van der Waals surface area contributed by atoms with Gasteiger partial charge in [0, 0.05) is 5.75 Å². The predicted octanol–water partition coefficient (Wildman–Crippen LogP) is -1.95. The molecule has 5 N–H and O–H groups in total. The molecule has 5 atom stereocenters. The van der Waals surface area contributed by atoms with E-state index >= 15 is 0 Å². The standard InChI is InChI=1S/C10H19NO6S/c1-16-9(14)5(11)2-3-18-4-6-7(12)8(13)10(15)17-6/h5-8,10,12-13,15H,2-4,11H2,1H3/t5-,6+,7+,8+,10?/m0/s1. The zero-order valence-electron chi connectivity index (χ0n) is 10.1. The number of methoxy groups -OCH3 is 1. The number of thioether (sulfide) groups is 1. The molecule has 8 heteroatoms. The monoisotopic (exact) mass is 281 g/mol. The summed E-state index contributed by atoms with van der Waals surface area (Å²) in [5.74, 6) is 0.539. The lowest BCUT2D eigenvalue weighted by atomic mass is 10.2. The van der Waals surface area contributed by atoms with Crippen LogP contribution in [0.25, 0.3) is 0 Å². The fourth-order valence-electron chi connectivity index (χ4n) is 1.55. The second-order valence-electron chi connectivity index (χ2n) is 4.04. The molecule has 0 amide bonds. The third kappa shape index (κ3) is 4.08. The number of carbonyl (C=O) groups is 1. The zero-order valence-corrected chi connectivity index (χ0v) is 10.9. The molecule has 106 valence electrons. The van der Waals surface area contributed by atoms with Gasteiger partial charge >= 0.3 is 5.97 Å². The Kier molecular flexibility index (Phi) is 6.33. The zero-order chi connectivity index (χ0) is 13.7. The minimum absolute atomic E-state index is 0.406. The number of aliphatic hydroxyl groups is 3. The molecule has 1 aliphatic rings. The van der Waals surface area contributed by atoms with Crippen molar-refractivity contribution in [3.8, 4) is 0 Å². The number of nitrogens with two attached hydrogens (primary N) is 1. The van der Waals surface area contributed by atoms with Crippen molar-refractivity contribution in [2.75, 3.05) is 18.6 Å². The van der Waals surface area contributed by atoms with Gasteiger partial charge in [-0.05, 0) is 12.2 Å². The SMILES string of the molecule is COC(=O)[C@@H](N)CCSC[C@H]1OC(O)[C@H](O)[C@@H]1O. The number of aliphatic hydroxyl groups excluding tert-OH is 3. The highest BCUT2D eigenvalue weighted by molar-refractivity contribution is 7.99. The number of hydrogen-bond acceptors (Lipinski definition) is 8. The van der Waals surface area contributed by atoms with Gasteiger partial charge in [-0.3, -0.25) is 4.79 Å². The fraction of sp³-hybridized carbons (Fsp3) is 0.900. The lowest BCUT2D eigenvalue weighted by Gasteiger charge is -2.14. The Morgan fingerprint density at radius 1 is 1.44 bits per heavy atom. The molecule has 1 rings (SSSR count). The first-order valence-electron chi connectivity index (χ1n) is 5.58.